The second kappa shape index (κ2) is 7.66. The third-order valence-corrected chi connectivity index (χ3v) is 5.95. The van der Waals surface area contributed by atoms with Gasteiger partial charge in [0.05, 0.1) is 23.1 Å². The van der Waals surface area contributed by atoms with Crippen molar-refractivity contribution in [2.24, 2.45) is 11.3 Å². The van der Waals surface area contributed by atoms with Gasteiger partial charge in [0.1, 0.15) is 0 Å². The first-order valence-electron chi connectivity index (χ1n) is 9.20. The van der Waals surface area contributed by atoms with E-state index in [2.05, 4.69) is 5.32 Å². The van der Waals surface area contributed by atoms with Crippen molar-refractivity contribution in [1.82, 2.24) is 4.90 Å². The van der Waals surface area contributed by atoms with Gasteiger partial charge in [-0.25, -0.2) is 0 Å². The lowest BCUT2D eigenvalue weighted by Gasteiger charge is -2.34. The van der Waals surface area contributed by atoms with E-state index in [1.165, 1.54) is 11.3 Å². The number of carbonyl (C=O) groups excluding carboxylic acids is 2. The standard InChI is InChI=1S/C19H28N2O4S/c1-12-10-14(20-18(23)19(2,3)4)26-15(12)16(22)21-7-5-6-13(11-21)17-24-8-9-25-17/h10,13,17H,5-9,11H2,1-4H3,(H,20,23). The summed E-state index contributed by atoms with van der Waals surface area (Å²) < 4.78 is 11.2. The maximum atomic E-state index is 13.0. The molecule has 0 aliphatic carbocycles. The van der Waals surface area contributed by atoms with Gasteiger partial charge in [-0.15, -0.1) is 11.3 Å². The Kier molecular flexibility index (Phi) is 5.69. The van der Waals surface area contributed by atoms with Gasteiger partial charge in [-0.05, 0) is 31.4 Å². The van der Waals surface area contributed by atoms with E-state index < -0.39 is 5.41 Å². The molecule has 2 saturated heterocycles. The molecule has 3 heterocycles. The lowest BCUT2D eigenvalue weighted by Crippen LogP contribution is -2.43. The first-order valence-corrected chi connectivity index (χ1v) is 10.0. The van der Waals surface area contributed by atoms with E-state index in [1.807, 2.05) is 38.7 Å². The minimum Gasteiger partial charge on any atom is -0.350 e. The molecule has 6 nitrogen and oxygen atoms in total. The monoisotopic (exact) mass is 380 g/mol. The van der Waals surface area contributed by atoms with Crippen molar-refractivity contribution in [3.63, 3.8) is 0 Å². The number of thiophene rings is 1. The van der Waals surface area contributed by atoms with Crippen LogP contribution in [0.5, 0.6) is 0 Å². The van der Waals surface area contributed by atoms with Gasteiger partial charge in [0.2, 0.25) is 5.91 Å². The number of rotatable bonds is 3. The van der Waals surface area contributed by atoms with Crippen LogP contribution in [0.3, 0.4) is 0 Å². The minimum atomic E-state index is -0.469. The summed E-state index contributed by atoms with van der Waals surface area (Å²) in [6.07, 6.45) is 1.79. The predicted molar refractivity (Wildman–Crippen MR) is 101 cm³/mol. The fourth-order valence-corrected chi connectivity index (χ4v) is 4.30. The number of piperidine rings is 1. The molecule has 1 N–H and O–H groups in total. The van der Waals surface area contributed by atoms with Crippen molar-refractivity contribution in [3.8, 4) is 0 Å². The average molecular weight is 381 g/mol. The first kappa shape index (κ1) is 19.3. The summed E-state index contributed by atoms with van der Waals surface area (Å²) >= 11 is 1.35. The van der Waals surface area contributed by atoms with Crippen LogP contribution in [0.1, 0.15) is 48.8 Å². The molecule has 2 aliphatic rings. The van der Waals surface area contributed by atoms with Crippen LogP contribution in [-0.4, -0.2) is 49.3 Å². The van der Waals surface area contributed by atoms with E-state index in [0.29, 0.717) is 24.6 Å². The summed E-state index contributed by atoms with van der Waals surface area (Å²) in [6, 6.07) is 1.88. The van der Waals surface area contributed by atoms with Crippen molar-refractivity contribution in [1.29, 1.82) is 0 Å². The molecule has 0 aromatic carbocycles. The number of aryl methyl sites for hydroxylation is 1. The Morgan fingerprint density at radius 3 is 2.62 bits per heavy atom. The highest BCUT2D eigenvalue weighted by molar-refractivity contribution is 7.18. The van der Waals surface area contributed by atoms with E-state index in [-0.39, 0.29) is 24.0 Å². The third kappa shape index (κ3) is 4.27. The molecular formula is C19H28N2O4S. The SMILES string of the molecule is Cc1cc(NC(=O)C(C)(C)C)sc1C(=O)N1CCCC(C2OCCO2)C1. The molecule has 0 radical (unpaired) electrons. The van der Waals surface area contributed by atoms with E-state index in [1.54, 1.807) is 0 Å². The Morgan fingerprint density at radius 2 is 1.96 bits per heavy atom. The molecule has 0 saturated carbocycles. The summed E-state index contributed by atoms with van der Waals surface area (Å²) in [4.78, 5) is 27.8. The predicted octanol–water partition coefficient (Wildman–Crippen LogP) is 3.27. The molecule has 1 unspecified atom stereocenters. The number of carbonyl (C=O) groups is 2. The molecule has 1 aromatic heterocycles. The molecule has 0 spiro atoms. The second-order valence-corrected chi connectivity index (χ2v) is 9.14. The molecular weight excluding hydrogens is 352 g/mol. The van der Waals surface area contributed by atoms with E-state index in [4.69, 9.17) is 9.47 Å². The van der Waals surface area contributed by atoms with Gasteiger partial charge < -0.3 is 19.7 Å². The summed E-state index contributed by atoms with van der Waals surface area (Å²) in [6.45, 7) is 10.2. The fraction of sp³-hybridized carbons (Fsp3) is 0.684. The van der Waals surface area contributed by atoms with Gasteiger partial charge >= 0.3 is 0 Å². The van der Waals surface area contributed by atoms with Gasteiger partial charge in [0.25, 0.3) is 5.91 Å². The zero-order valence-corrected chi connectivity index (χ0v) is 16.8. The van der Waals surface area contributed by atoms with Gasteiger partial charge in [0.15, 0.2) is 6.29 Å². The Hall–Kier alpha value is -1.44. The number of amides is 2. The van der Waals surface area contributed by atoms with Crippen molar-refractivity contribution in [2.45, 2.75) is 46.8 Å². The highest BCUT2D eigenvalue weighted by Crippen LogP contribution is 2.31. The number of ether oxygens (including phenoxy) is 2. The topological polar surface area (TPSA) is 67.9 Å². The Labute approximate surface area is 158 Å². The molecule has 2 fully saturated rings. The van der Waals surface area contributed by atoms with Crippen LogP contribution in [0.4, 0.5) is 5.00 Å². The molecule has 2 amide bonds. The normalized spacial score (nSPS) is 21.8. The molecule has 1 aromatic rings. The number of nitrogens with zero attached hydrogens (tertiary/aromatic N) is 1. The van der Waals surface area contributed by atoms with Crippen LogP contribution in [0.15, 0.2) is 6.07 Å². The average Bonchev–Trinajstić information content (AvgIpc) is 3.23. The van der Waals surface area contributed by atoms with Gasteiger partial charge in [-0.1, -0.05) is 20.8 Å². The maximum Gasteiger partial charge on any atom is 0.264 e. The smallest absolute Gasteiger partial charge is 0.264 e. The number of hydrogen-bond acceptors (Lipinski definition) is 5. The number of anilines is 1. The van der Waals surface area contributed by atoms with Crippen molar-refractivity contribution < 1.29 is 19.1 Å². The molecule has 3 rings (SSSR count). The maximum absolute atomic E-state index is 13.0. The second-order valence-electron chi connectivity index (χ2n) is 8.09. The van der Waals surface area contributed by atoms with Crippen LogP contribution in [0, 0.1) is 18.3 Å². The molecule has 7 heteroatoms. The Bertz CT molecular complexity index is 674. The lowest BCUT2D eigenvalue weighted by molar-refractivity contribution is -0.123. The molecule has 0 bridgehead atoms. The summed E-state index contributed by atoms with van der Waals surface area (Å²) in [5, 5.41) is 3.65. The lowest BCUT2D eigenvalue weighted by atomic mass is 9.96. The molecule has 1 atom stereocenters. The quantitative estimate of drug-likeness (QED) is 0.874. The number of hydrogen-bond donors (Lipinski definition) is 1. The zero-order chi connectivity index (χ0) is 18.9. The summed E-state index contributed by atoms with van der Waals surface area (Å²) in [5.41, 5.74) is 0.434. The largest absolute Gasteiger partial charge is 0.350 e. The van der Waals surface area contributed by atoms with Gasteiger partial charge in [-0.3, -0.25) is 9.59 Å². The highest BCUT2D eigenvalue weighted by atomic mass is 32.1. The van der Waals surface area contributed by atoms with Crippen LogP contribution in [0.2, 0.25) is 0 Å². The van der Waals surface area contributed by atoms with Crippen molar-refractivity contribution >= 4 is 28.2 Å². The van der Waals surface area contributed by atoms with Crippen LogP contribution < -0.4 is 5.32 Å². The first-order chi connectivity index (χ1) is 12.3. The molecule has 144 valence electrons. The van der Waals surface area contributed by atoms with Crippen LogP contribution >= 0.6 is 11.3 Å². The van der Waals surface area contributed by atoms with Crippen LogP contribution in [-0.2, 0) is 14.3 Å². The Balaban J connectivity index is 1.68. The number of likely N-dealkylation sites (tertiary alicyclic amines) is 1. The van der Waals surface area contributed by atoms with E-state index in [9.17, 15) is 9.59 Å². The van der Waals surface area contributed by atoms with Gasteiger partial charge in [0, 0.05) is 24.4 Å². The van der Waals surface area contributed by atoms with Crippen LogP contribution in [0.25, 0.3) is 0 Å². The minimum absolute atomic E-state index is 0.0338. The highest BCUT2D eigenvalue weighted by Gasteiger charge is 2.34. The summed E-state index contributed by atoms with van der Waals surface area (Å²) in [7, 11) is 0. The fourth-order valence-electron chi connectivity index (χ4n) is 3.26. The molecule has 2 aliphatic heterocycles. The summed E-state index contributed by atoms with van der Waals surface area (Å²) in [5.74, 6) is 0.216. The number of nitrogens with one attached hydrogen (secondary N) is 1. The van der Waals surface area contributed by atoms with E-state index in [0.717, 1.165) is 30.0 Å². The Morgan fingerprint density at radius 1 is 1.27 bits per heavy atom. The zero-order valence-electron chi connectivity index (χ0n) is 16.0. The van der Waals surface area contributed by atoms with Crippen molar-refractivity contribution in [2.75, 3.05) is 31.6 Å². The van der Waals surface area contributed by atoms with Crippen molar-refractivity contribution in [3.05, 3.63) is 16.5 Å². The molecule has 26 heavy (non-hydrogen) atoms. The van der Waals surface area contributed by atoms with Gasteiger partial charge in [-0.2, -0.15) is 0 Å². The third-order valence-electron chi connectivity index (χ3n) is 4.81. The van der Waals surface area contributed by atoms with E-state index >= 15 is 0 Å².